The molecular formula is C14H19Cl2N. The molecule has 1 saturated carbocycles. The van der Waals surface area contributed by atoms with Crippen molar-refractivity contribution in [3.05, 3.63) is 33.4 Å². The van der Waals surface area contributed by atoms with Crippen LogP contribution in [0.3, 0.4) is 0 Å². The molecule has 0 spiro atoms. The van der Waals surface area contributed by atoms with Gasteiger partial charge in [-0.05, 0) is 57.1 Å². The van der Waals surface area contributed by atoms with Crippen molar-refractivity contribution >= 4 is 23.2 Å². The molecule has 0 amide bonds. The van der Waals surface area contributed by atoms with Crippen molar-refractivity contribution in [2.75, 3.05) is 6.54 Å². The fraction of sp³-hybridized carbons (Fsp3) is 0.571. The fourth-order valence-electron chi connectivity index (χ4n) is 2.60. The molecule has 0 aromatic carbocycles. The van der Waals surface area contributed by atoms with Gasteiger partial charge in [0.1, 0.15) is 0 Å². The molecule has 0 aromatic rings. The lowest BCUT2D eigenvalue weighted by molar-refractivity contribution is 0.425. The lowest BCUT2D eigenvalue weighted by Gasteiger charge is -2.27. The second-order valence-electron chi connectivity index (χ2n) is 4.95. The lowest BCUT2D eigenvalue weighted by Crippen LogP contribution is -2.20. The van der Waals surface area contributed by atoms with Gasteiger partial charge >= 0.3 is 0 Å². The number of hydrogen-bond donors (Lipinski definition) is 1. The van der Waals surface area contributed by atoms with Crippen molar-refractivity contribution in [3.63, 3.8) is 0 Å². The van der Waals surface area contributed by atoms with E-state index in [-0.39, 0.29) is 0 Å². The van der Waals surface area contributed by atoms with Crippen molar-refractivity contribution in [1.29, 1.82) is 0 Å². The molecule has 0 aliphatic heterocycles. The summed E-state index contributed by atoms with van der Waals surface area (Å²) in [5.74, 6) is 0.994. The molecule has 0 radical (unpaired) electrons. The Bertz CT molecular complexity index is 387. The Hall–Kier alpha value is -0.240. The Morgan fingerprint density at radius 2 is 2.18 bits per heavy atom. The summed E-state index contributed by atoms with van der Waals surface area (Å²) in [6.45, 7) is 2.99. The van der Waals surface area contributed by atoms with E-state index in [1.165, 1.54) is 18.4 Å². The van der Waals surface area contributed by atoms with E-state index in [1.807, 2.05) is 6.08 Å². The second-order valence-corrected chi connectivity index (χ2v) is 5.81. The normalized spacial score (nSPS) is 25.2. The van der Waals surface area contributed by atoms with Crippen LogP contribution in [0.25, 0.3) is 0 Å². The summed E-state index contributed by atoms with van der Waals surface area (Å²) < 4.78 is 0. The van der Waals surface area contributed by atoms with Crippen LogP contribution in [0, 0.1) is 11.8 Å². The van der Waals surface area contributed by atoms with Gasteiger partial charge in [0.15, 0.2) is 0 Å². The summed E-state index contributed by atoms with van der Waals surface area (Å²) in [5.41, 5.74) is 8.89. The van der Waals surface area contributed by atoms with Crippen LogP contribution >= 0.6 is 23.2 Å². The van der Waals surface area contributed by atoms with Gasteiger partial charge in [0.25, 0.3) is 0 Å². The molecule has 1 nitrogen and oxygen atoms in total. The van der Waals surface area contributed by atoms with Gasteiger partial charge in [-0.25, -0.2) is 0 Å². The molecule has 0 bridgehead atoms. The third-order valence-corrected chi connectivity index (χ3v) is 4.58. The van der Waals surface area contributed by atoms with Gasteiger partial charge in [-0.1, -0.05) is 40.4 Å². The Balaban J connectivity index is 2.13. The van der Waals surface area contributed by atoms with E-state index in [4.69, 9.17) is 28.9 Å². The van der Waals surface area contributed by atoms with E-state index < -0.39 is 0 Å². The molecule has 2 atom stereocenters. The largest absolute Gasteiger partial charge is 0.330 e. The third-order valence-electron chi connectivity index (χ3n) is 3.77. The summed E-state index contributed by atoms with van der Waals surface area (Å²) in [4.78, 5) is 0. The molecule has 0 saturated heterocycles. The quantitative estimate of drug-likeness (QED) is 0.757. The third kappa shape index (κ3) is 3.15. The topological polar surface area (TPSA) is 26.0 Å². The average molecular weight is 272 g/mol. The highest BCUT2D eigenvalue weighted by Crippen LogP contribution is 2.42. The zero-order valence-corrected chi connectivity index (χ0v) is 11.7. The molecule has 2 N–H and O–H groups in total. The zero-order valence-electron chi connectivity index (χ0n) is 10.2. The van der Waals surface area contributed by atoms with Crippen LogP contribution in [0.2, 0.25) is 0 Å². The Labute approximate surface area is 113 Å². The highest BCUT2D eigenvalue weighted by molar-refractivity contribution is 6.40. The maximum Gasteiger partial charge on any atom is 0.0548 e. The van der Waals surface area contributed by atoms with Gasteiger partial charge in [0, 0.05) is 5.03 Å². The molecule has 1 fully saturated rings. The van der Waals surface area contributed by atoms with Crippen molar-refractivity contribution in [3.8, 4) is 0 Å². The van der Waals surface area contributed by atoms with Crippen LogP contribution in [-0.4, -0.2) is 6.54 Å². The smallest absolute Gasteiger partial charge is 0.0548 e. The number of allylic oxidation sites excluding steroid dienone is 6. The maximum atomic E-state index is 6.16. The minimum atomic E-state index is 0.460. The van der Waals surface area contributed by atoms with Crippen molar-refractivity contribution in [1.82, 2.24) is 0 Å². The number of nitrogens with two attached hydrogens (primary N) is 1. The van der Waals surface area contributed by atoms with Crippen LogP contribution in [-0.2, 0) is 0 Å². The maximum absolute atomic E-state index is 6.16. The SMILES string of the molecule is CC(=C1CC1)C(CCN)C1C=CC(Cl)=C(Cl)C1. The van der Waals surface area contributed by atoms with E-state index >= 15 is 0 Å². The van der Waals surface area contributed by atoms with Crippen molar-refractivity contribution < 1.29 is 0 Å². The van der Waals surface area contributed by atoms with E-state index in [9.17, 15) is 0 Å². The predicted octanol–water partition coefficient (Wildman–Crippen LogP) is 4.33. The van der Waals surface area contributed by atoms with Gasteiger partial charge in [0.2, 0.25) is 0 Å². The minimum Gasteiger partial charge on any atom is -0.330 e. The van der Waals surface area contributed by atoms with E-state index in [2.05, 4.69) is 13.0 Å². The van der Waals surface area contributed by atoms with Crippen molar-refractivity contribution in [2.24, 2.45) is 17.6 Å². The number of hydrogen-bond acceptors (Lipinski definition) is 1. The molecule has 3 heteroatoms. The lowest BCUT2D eigenvalue weighted by atomic mass is 9.80. The average Bonchev–Trinajstić information content (AvgIpc) is 3.13. The molecular weight excluding hydrogens is 253 g/mol. The van der Waals surface area contributed by atoms with Gasteiger partial charge in [-0.3, -0.25) is 0 Å². The summed E-state index contributed by atoms with van der Waals surface area (Å²) in [7, 11) is 0. The van der Waals surface area contributed by atoms with Gasteiger partial charge < -0.3 is 5.73 Å². The van der Waals surface area contributed by atoms with Crippen LogP contribution in [0.4, 0.5) is 0 Å². The highest BCUT2D eigenvalue weighted by atomic mass is 35.5. The summed E-state index contributed by atoms with van der Waals surface area (Å²) in [5, 5.41) is 1.47. The van der Waals surface area contributed by atoms with E-state index in [0.717, 1.165) is 24.4 Å². The Kier molecular flexibility index (Phi) is 4.35. The minimum absolute atomic E-state index is 0.460. The van der Waals surface area contributed by atoms with E-state index in [1.54, 1.807) is 5.57 Å². The first kappa shape index (κ1) is 13.2. The van der Waals surface area contributed by atoms with Crippen molar-refractivity contribution in [2.45, 2.75) is 32.6 Å². The Morgan fingerprint density at radius 3 is 2.71 bits per heavy atom. The highest BCUT2D eigenvalue weighted by Gasteiger charge is 2.28. The summed E-state index contributed by atoms with van der Waals surface area (Å²) >= 11 is 12.1. The van der Waals surface area contributed by atoms with Gasteiger partial charge in [0.05, 0.1) is 5.03 Å². The first-order chi connectivity index (χ1) is 8.13. The molecule has 0 aromatic heterocycles. The first-order valence-electron chi connectivity index (χ1n) is 6.24. The summed E-state index contributed by atoms with van der Waals surface area (Å²) in [6.07, 6.45) is 8.56. The second kappa shape index (κ2) is 5.60. The number of rotatable bonds is 4. The van der Waals surface area contributed by atoms with Gasteiger partial charge in [-0.15, -0.1) is 0 Å². The monoisotopic (exact) mass is 271 g/mol. The predicted molar refractivity (Wildman–Crippen MR) is 75.1 cm³/mol. The van der Waals surface area contributed by atoms with E-state index in [0.29, 0.717) is 16.9 Å². The number of halogens is 2. The van der Waals surface area contributed by atoms with Crippen LogP contribution < -0.4 is 5.73 Å². The molecule has 2 aliphatic carbocycles. The molecule has 2 aliphatic rings. The molecule has 2 rings (SSSR count). The Morgan fingerprint density at radius 1 is 1.47 bits per heavy atom. The standard InChI is InChI=1S/C14H19Cl2N/c1-9(10-2-3-10)12(6-7-17)11-4-5-13(15)14(16)8-11/h4-5,11-12H,2-3,6-8,17H2,1H3. The van der Waals surface area contributed by atoms with Crippen LogP contribution in [0.5, 0.6) is 0 Å². The van der Waals surface area contributed by atoms with Crippen LogP contribution in [0.1, 0.15) is 32.6 Å². The molecule has 2 unspecified atom stereocenters. The van der Waals surface area contributed by atoms with Crippen LogP contribution in [0.15, 0.2) is 33.4 Å². The molecule has 0 heterocycles. The molecule has 17 heavy (non-hydrogen) atoms. The molecule has 94 valence electrons. The fourth-order valence-corrected chi connectivity index (χ4v) is 2.99. The zero-order chi connectivity index (χ0) is 12.4. The first-order valence-corrected chi connectivity index (χ1v) is 7.00. The van der Waals surface area contributed by atoms with Gasteiger partial charge in [-0.2, -0.15) is 0 Å². The summed E-state index contributed by atoms with van der Waals surface area (Å²) in [6, 6.07) is 0.